The number of benzene rings is 2. The molecular weight excluding hydrogens is 318 g/mol. The van der Waals surface area contributed by atoms with E-state index in [0.717, 1.165) is 27.1 Å². The molecule has 1 amide bonds. The van der Waals surface area contributed by atoms with E-state index in [0.29, 0.717) is 12.2 Å². The summed E-state index contributed by atoms with van der Waals surface area (Å²) in [6.07, 6.45) is 0. The highest BCUT2D eigenvalue weighted by atomic mass is 32.1. The number of aromatic amines is 1. The molecule has 120 valence electrons. The number of H-pyrrole nitrogens is 1. The first-order valence-electron chi connectivity index (χ1n) is 7.92. The van der Waals surface area contributed by atoms with E-state index in [9.17, 15) is 4.79 Å². The van der Waals surface area contributed by atoms with Crippen molar-refractivity contribution >= 4 is 44.1 Å². The molecule has 4 aromatic rings. The Kier molecular flexibility index (Phi) is 3.58. The SMILES string of the molecule is CCN(C(=O)c1cc2c(ccc3ccccc32)[nH]1)c1nc(C)cs1. The summed E-state index contributed by atoms with van der Waals surface area (Å²) in [7, 11) is 0. The van der Waals surface area contributed by atoms with Crippen LogP contribution in [0.25, 0.3) is 21.7 Å². The van der Waals surface area contributed by atoms with Crippen molar-refractivity contribution in [1.82, 2.24) is 9.97 Å². The summed E-state index contributed by atoms with van der Waals surface area (Å²) < 4.78 is 0. The maximum atomic E-state index is 13.0. The van der Waals surface area contributed by atoms with E-state index in [1.54, 1.807) is 4.90 Å². The molecule has 0 aliphatic carbocycles. The van der Waals surface area contributed by atoms with Gasteiger partial charge in [-0.2, -0.15) is 0 Å². The van der Waals surface area contributed by atoms with E-state index in [-0.39, 0.29) is 5.91 Å². The summed E-state index contributed by atoms with van der Waals surface area (Å²) >= 11 is 1.49. The highest BCUT2D eigenvalue weighted by Crippen LogP contribution is 2.28. The van der Waals surface area contributed by atoms with E-state index in [2.05, 4.69) is 28.2 Å². The standard InChI is InChI=1S/C19H17N3OS/c1-3-22(19-20-12(2)11-24-19)18(23)17-10-15-14-7-5-4-6-13(14)8-9-16(15)21-17/h4-11,21H,3H2,1-2H3. The Bertz CT molecular complexity index is 1050. The van der Waals surface area contributed by atoms with Gasteiger partial charge in [-0.25, -0.2) is 4.98 Å². The van der Waals surface area contributed by atoms with Crippen molar-refractivity contribution in [2.24, 2.45) is 0 Å². The van der Waals surface area contributed by atoms with E-state index in [4.69, 9.17) is 0 Å². The lowest BCUT2D eigenvalue weighted by Crippen LogP contribution is -2.30. The summed E-state index contributed by atoms with van der Waals surface area (Å²) in [5.74, 6) is -0.0490. The van der Waals surface area contributed by atoms with Crippen LogP contribution in [0.2, 0.25) is 0 Å². The third-order valence-corrected chi connectivity index (χ3v) is 5.14. The number of aromatic nitrogens is 2. The Morgan fingerprint density at radius 2 is 2.04 bits per heavy atom. The lowest BCUT2D eigenvalue weighted by molar-refractivity contribution is 0.0984. The fraction of sp³-hybridized carbons (Fsp3) is 0.158. The van der Waals surface area contributed by atoms with Gasteiger partial charge in [-0.15, -0.1) is 11.3 Å². The number of amides is 1. The van der Waals surface area contributed by atoms with Crippen LogP contribution < -0.4 is 4.90 Å². The molecule has 2 aromatic heterocycles. The van der Waals surface area contributed by atoms with Gasteiger partial charge in [-0.05, 0) is 36.8 Å². The highest BCUT2D eigenvalue weighted by molar-refractivity contribution is 7.14. The summed E-state index contributed by atoms with van der Waals surface area (Å²) in [6.45, 7) is 4.49. The molecule has 0 radical (unpaired) electrons. The molecule has 0 aliphatic heterocycles. The number of nitrogens with one attached hydrogen (secondary N) is 1. The molecule has 5 heteroatoms. The van der Waals surface area contributed by atoms with Crippen LogP contribution in [-0.4, -0.2) is 22.4 Å². The van der Waals surface area contributed by atoms with Crippen molar-refractivity contribution in [3.63, 3.8) is 0 Å². The Balaban J connectivity index is 1.80. The van der Waals surface area contributed by atoms with Crippen molar-refractivity contribution in [3.8, 4) is 0 Å². The van der Waals surface area contributed by atoms with Crippen LogP contribution in [0.3, 0.4) is 0 Å². The Morgan fingerprint density at radius 3 is 2.79 bits per heavy atom. The van der Waals surface area contributed by atoms with Gasteiger partial charge in [0.15, 0.2) is 5.13 Å². The molecule has 2 heterocycles. The molecule has 0 saturated carbocycles. The van der Waals surface area contributed by atoms with Gasteiger partial charge in [-0.1, -0.05) is 30.3 Å². The van der Waals surface area contributed by atoms with Crippen molar-refractivity contribution in [2.45, 2.75) is 13.8 Å². The zero-order valence-electron chi connectivity index (χ0n) is 13.5. The van der Waals surface area contributed by atoms with Crippen LogP contribution in [0.1, 0.15) is 23.1 Å². The number of fused-ring (bicyclic) bond motifs is 3. The lowest BCUT2D eigenvalue weighted by Gasteiger charge is -2.16. The average Bonchev–Trinajstić information content (AvgIpc) is 3.22. The second-order valence-electron chi connectivity index (χ2n) is 5.75. The molecule has 0 spiro atoms. The maximum absolute atomic E-state index is 13.0. The predicted molar refractivity (Wildman–Crippen MR) is 100 cm³/mol. The van der Waals surface area contributed by atoms with Crippen LogP contribution in [-0.2, 0) is 0 Å². The fourth-order valence-electron chi connectivity index (χ4n) is 2.98. The highest BCUT2D eigenvalue weighted by Gasteiger charge is 2.20. The number of thiazole rings is 1. The third-order valence-electron chi connectivity index (χ3n) is 4.16. The zero-order valence-corrected chi connectivity index (χ0v) is 14.4. The topological polar surface area (TPSA) is 49.0 Å². The average molecular weight is 335 g/mol. The Hall–Kier alpha value is -2.66. The number of hydrogen-bond donors (Lipinski definition) is 1. The molecule has 2 aromatic carbocycles. The predicted octanol–water partition coefficient (Wildman–Crippen LogP) is 4.75. The van der Waals surface area contributed by atoms with Gasteiger partial charge in [0, 0.05) is 22.8 Å². The zero-order chi connectivity index (χ0) is 16.7. The Morgan fingerprint density at radius 1 is 1.21 bits per heavy atom. The summed E-state index contributed by atoms with van der Waals surface area (Å²) in [4.78, 5) is 22.4. The molecule has 0 fully saturated rings. The molecule has 0 unspecified atom stereocenters. The first-order valence-corrected chi connectivity index (χ1v) is 8.80. The minimum atomic E-state index is -0.0490. The summed E-state index contributed by atoms with van der Waals surface area (Å²) in [6, 6.07) is 14.3. The van der Waals surface area contributed by atoms with Crippen molar-refractivity contribution in [2.75, 3.05) is 11.4 Å². The number of rotatable bonds is 3. The minimum absolute atomic E-state index is 0.0490. The van der Waals surface area contributed by atoms with E-state index in [1.807, 2.05) is 43.5 Å². The van der Waals surface area contributed by atoms with E-state index < -0.39 is 0 Å². The second kappa shape index (κ2) is 5.76. The first kappa shape index (κ1) is 14.9. The quantitative estimate of drug-likeness (QED) is 0.587. The minimum Gasteiger partial charge on any atom is -0.350 e. The van der Waals surface area contributed by atoms with Crippen LogP contribution in [0.15, 0.2) is 47.8 Å². The molecule has 1 N–H and O–H groups in total. The smallest absolute Gasteiger partial charge is 0.276 e. The molecule has 0 saturated heterocycles. The van der Waals surface area contributed by atoms with Crippen LogP contribution in [0.5, 0.6) is 0 Å². The molecule has 0 aliphatic rings. The third kappa shape index (κ3) is 2.37. The number of aryl methyl sites for hydroxylation is 1. The van der Waals surface area contributed by atoms with E-state index in [1.165, 1.54) is 16.7 Å². The van der Waals surface area contributed by atoms with Crippen LogP contribution >= 0.6 is 11.3 Å². The summed E-state index contributed by atoms with van der Waals surface area (Å²) in [5, 5.41) is 6.10. The van der Waals surface area contributed by atoms with Crippen molar-refractivity contribution in [1.29, 1.82) is 0 Å². The molecular formula is C19H17N3OS. The number of nitrogens with zero attached hydrogens (tertiary/aromatic N) is 2. The first-order chi connectivity index (χ1) is 11.7. The number of hydrogen-bond acceptors (Lipinski definition) is 3. The lowest BCUT2D eigenvalue weighted by atomic mass is 10.1. The fourth-order valence-corrected chi connectivity index (χ4v) is 3.84. The van der Waals surface area contributed by atoms with Crippen LogP contribution in [0.4, 0.5) is 5.13 Å². The molecule has 0 atom stereocenters. The number of anilines is 1. The largest absolute Gasteiger partial charge is 0.350 e. The molecule has 4 rings (SSSR count). The van der Waals surface area contributed by atoms with Crippen molar-refractivity contribution < 1.29 is 4.79 Å². The molecule has 0 bridgehead atoms. The van der Waals surface area contributed by atoms with Crippen molar-refractivity contribution in [3.05, 3.63) is 59.2 Å². The van der Waals surface area contributed by atoms with E-state index >= 15 is 0 Å². The Labute approximate surface area is 143 Å². The number of carbonyl (C=O) groups excluding carboxylic acids is 1. The van der Waals surface area contributed by atoms with Gasteiger partial charge >= 0.3 is 0 Å². The monoisotopic (exact) mass is 335 g/mol. The number of carbonyl (C=O) groups is 1. The van der Waals surface area contributed by atoms with Gasteiger partial charge in [-0.3, -0.25) is 9.69 Å². The summed E-state index contributed by atoms with van der Waals surface area (Å²) in [5.41, 5.74) is 2.50. The van der Waals surface area contributed by atoms with Gasteiger partial charge in [0.05, 0.1) is 5.69 Å². The maximum Gasteiger partial charge on any atom is 0.276 e. The normalized spacial score (nSPS) is 11.2. The van der Waals surface area contributed by atoms with Gasteiger partial charge in [0.25, 0.3) is 5.91 Å². The molecule has 4 nitrogen and oxygen atoms in total. The van der Waals surface area contributed by atoms with Gasteiger partial charge in [0.1, 0.15) is 5.69 Å². The molecule has 24 heavy (non-hydrogen) atoms. The van der Waals surface area contributed by atoms with Gasteiger partial charge in [0.2, 0.25) is 0 Å². The van der Waals surface area contributed by atoms with Crippen LogP contribution in [0, 0.1) is 6.92 Å². The second-order valence-corrected chi connectivity index (χ2v) is 6.59. The van der Waals surface area contributed by atoms with Gasteiger partial charge < -0.3 is 4.98 Å².